The highest BCUT2D eigenvalue weighted by Gasteiger charge is 2.07. The molecule has 0 amide bonds. The van der Waals surface area contributed by atoms with Crippen molar-refractivity contribution >= 4 is 17.5 Å². The molecule has 3 rings (SSSR count). The monoisotopic (exact) mass is 246 g/mol. The number of hydrogen-bond donors (Lipinski definition) is 0. The van der Waals surface area contributed by atoms with Gasteiger partial charge in [-0.25, -0.2) is 0 Å². The third-order valence-electron chi connectivity index (χ3n) is 2.97. The van der Waals surface area contributed by atoms with Gasteiger partial charge in [-0.3, -0.25) is 9.98 Å². The number of hydrogen-bond acceptors (Lipinski definition) is 2. The van der Waals surface area contributed by atoms with Gasteiger partial charge in [0.1, 0.15) is 0 Å². The molecule has 1 aromatic heterocycles. The van der Waals surface area contributed by atoms with Gasteiger partial charge in [-0.15, -0.1) is 0 Å². The predicted octanol–water partition coefficient (Wildman–Crippen LogP) is 3.98. The smallest absolute Gasteiger partial charge is 0.0669 e. The first-order valence-electron chi connectivity index (χ1n) is 6.34. The Morgan fingerprint density at radius 1 is 0.895 bits per heavy atom. The van der Waals surface area contributed by atoms with E-state index in [2.05, 4.69) is 28.2 Å². The van der Waals surface area contributed by atoms with E-state index in [1.165, 1.54) is 5.56 Å². The van der Waals surface area contributed by atoms with Crippen molar-refractivity contribution in [2.45, 2.75) is 6.42 Å². The first-order valence-corrected chi connectivity index (χ1v) is 6.34. The largest absolute Gasteiger partial charge is 0.257 e. The summed E-state index contributed by atoms with van der Waals surface area (Å²) in [7, 11) is 0. The molecule has 0 unspecified atom stereocenters. The van der Waals surface area contributed by atoms with Gasteiger partial charge in [0.05, 0.1) is 11.4 Å². The summed E-state index contributed by atoms with van der Waals surface area (Å²) in [6.45, 7) is 0. The SMILES string of the molecule is C1=C(c2ccccc2)N=C(/C=C/c2ccccn2)C1. The first kappa shape index (κ1) is 11.6. The van der Waals surface area contributed by atoms with Crippen LogP contribution in [0, 0.1) is 0 Å². The average molecular weight is 246 g/mol. The van der Waals surface area contributed by atoms with E-state index >= 15 is 0 Å². The fraction of sp³-hybridized carbons (Fsp3) is 0.0588. The van der Waals surface area contributed by atoms with Gasteiger partial charge in [0.2, 0.25) is 0 Å². The summed E-state index contributed by atoms with van der Waals surface area (Å²) in [4.78, 5) is 8.89. The lowest BCUT2D eigenvalue weighted by Gasteiger charge is -1.97. The Bertz CT molecular complexity index is 637. The maximum atomic E-state index is 4.64. The molecule has 0 N–H and O–H groups in total. The Morgan fingerprint density at radius 3 is 2.53 bits per heavy atom. The van der Waals surface area contributed by atoms with Crippen molar-refractivity contribution < 1.29 is 0 Å². The molecule has 0 spiro atoms. The van der Waals surface area contributed by atoms with E-state index in [1.54, 1.807) is 6.20 Å². The molecular formula is C17H14N2. The Kier molecular flexibility index (Phi) is 3.32. The van der Waals surface area contributed by atoms with Crippen LogP contribution in [0.5, 0.6) is 0 Å². The lowest BCUT2D eigenvalue weighted by molar-refractivity contribution is 1.30. The third-order valence-corrected chi connectivity index (χ3v) is 2.97. The van der Waals surface area contributed by atoms with Crippen LogP contribution in [0.2, 0.25) is 0 Å². The fourth-order valence-electron chi connectivity index (χ4n) is 2.00. The first-order chi connectivity index (χ1) is 9.42. The fourth-order valence-corrected chi connectivity index (χ4v) is 2.00. The highest BCUT2D eigenvalue weighted by Crippen LogP contribution is 2.22. The molecule has 2 heteroatoms. The summed E-state index contributed by atoms with van der Waals surface area (Å²) in [5.74, 6) is 0. The van der Waals surface area contributed by atoms with Crippen LogP contribution in [0.3, 0.4) is 0 Å². The zero-order chi connectivity index (χ0) is 12.9. The Labute approximate surface area is 112 Å². The summed E-state index contributed by atoms with van der Waals surface area (Å²) in [6, 6.07) is 16.1. The van der Waals surface area contributed by atoms with Crippen molar-refractivity contribution in [3.63, 3.8) is 0 Å². The quantitative estimate of drug-likeness (QED) is 0.804. The van der Waals surface area contributed by atoms with Crippen LogP contribution >= 0.6 is 0 Å². The Balaban J connectivity index is 1.74. The predicted molar refractivity (Wildman–Crippen MR) is 79.7 cm³/mol. The normalized spacial score (nSPS) is 14.5. The lowest BCUT2D eigenvalue weighted by Crippen LogP contribution is -1.86. The maximum Gasteiger partial charge on any atom is 0.0669 e. The second-order valence-corrected chi connectivity index (χ2v) is 4.35. The van der Waals surface area contributed by atoms with E-state index in [1.807, 2.05) is 48.6 Å². The molecule has 0 saturated carbocycles. The van der Waals surface area contributed by atoms with Gasteiger partial charge in [0.25, 0.3) is 0 Å². The molecule has 2 nitrogen and oxygen atoms in total. The van der Waals surface area contributed by atoms with Gasteiger partial charge in [-0.1, -0.05) is 42.5 Å². The molecule has 19 heavy (non-hydrogen) atoms. The van der Waals surface area contributed by atoms with E-state index in [0.29, 0.717) is 0 Å². The van der Waals surface area contributed by atoms with Crippen LogP contribution in [0.15, 0.2) is 71.9 Å². The molecule has 0 aliphatic carbocycles. The summed E-state index contributed by atoms with van der Waals surface area (Å²) in [5, 5.41) is 0. The van der Waals surface area contributed by atoms with Crippen LogP contribution in [0.1, 0.15) is 17.7 Å². The second-order valence-electron chi connectivity index (χ2n) is 4.35. The van der Waals surface area contributed by atoms with Crippen LogP contribution in [-0.2, 0) is 0 Å². The van der Waals surface area contributed by atoms with Gasteiger partial charge in [0.15, 0.2) is 0 Å². The van der Waals surface area contributed by atoms with Crippen LogP contribution < -0.4 is 0 Å². The van der Waals surface area contributed by atoms with Gasteiger partial charge >= 0.3 is 0 Å². The molecule has 0 saturated heterocycles. The van der Waals surface area contributed by atoms with Crippen LogP contribution in [-0.4, -0.2) is 10.7 Å². The van der Waals surface area contributed by atoms with Crippen molar-refractivity contribution in [1.29, 1.82) is 0 Å². The number of aromatic nitrogens is 1. The average Bonchev–Trinajstić information content (AvgIpc) is 2.96. The van der Waals surface area contributed by atoms with E-state index < -0.39 is 0 Å². The van der Waals surface area contributed by atoms with Crippen molar-refractivity contribution in [2.24, 2.45) is 4.99 Å². The molecule has 0 atom stereocenters. The van der Waals surface area contributed by atoms with E-state index in [9.17, 15) is 0 Å². The molecule has 1 aliphatic rings. The number of allylic oxidation sites excluding steroid dienone is 2. The van der Waals surface area contributed by atoms with Crippen molar-refractivity contribution in [3.05, 3.63) is 78.1 Å². The molecule has 0 fully saturated rings. The van der Waals surface area contributed by atoms with Crippen molar-refractivity contribution in [1.82, 2.24) is 4.98 Å². The topological polar surface area (TPSA) is 25.2 Å². The number of aliphatic imine (C=N–C) groups is 1. The molecule has 2 aromatic rings. The van der Waals surface area contributed by atoms with E-state index in [-0.39, 0.29) is 0 Å². The number of pyridine rings is 1. The van der Waals surface area contributed by atoms with Crippen LogP contribution in [0.25, 0.3) is 11.8 Å². The number of nitrogens with zero attached hydrogens (tertiary/aromatic N) is 2. The standard InChI is InChI=1S/C17H14N2/c1-2-6-14(7-3-1)17-12-11-16(19-17)10-9-15-8-4-5-13-18-15/h1-10,12-13H,11H2/b10-9+. The minimum absolute atomic E-state index is 0.883. The maximum absolute atomic E-state index is 4.64. The summed E-state index contributed by atoms with van der Waals surface area (Å²) in [5.41, 5.74) is 4.26. The van der Waals surface area contributed by atoms with E-state index in [4.69, 9.17) is 0 Å². The van der Waals surface area contributed by atoms with Gasteiger partial charge in [-0.2, -0.15) is 0 Å². The summed E-state index contributed by atoms with van der Waals surface area (Å²) < 4.78 is 0. The molecule has 1 aromatic carbocycles. The Hall–Kier alpha value is -2.48. The van der Waals surface area contributed by atoms with Gasteiger partial charge in [-0.05, 0) is 29.8 Å². The van der Waals surface area contributed by atoms with Crippen molar-refractivity contribution in [3.8, 4) is 0 Å². The minimum Gasteiger partial charge on any atom is -0.257 e. The Morgan fingerprint density at radius 2 is 1.74 bits per heavy atom. The molecule has 2 heterocycles. The van der Waals surface area contributed by atoms with E-state index in [0.717, 1.165) is 23.5 Å². The molecule has 0 bridgehead atoms. The summed E-state index contributed by atoms with van der Waals surface area (Å²) >= 11 is 0. The molecular weight excluding hydrogens is 232 g/mol. The zero-order valence-corrected chi connectivity index (χ0v) is 10.5. The van der Waals surface area contributed by atoms with Gasteiger partial charge < -0.3 is 0 Å². The van der Waals surface area contributed by atoms with Gasteiger partial charge in [0, 0.05) is 18.3 Å². The van der Waals surface area contributed by atoms with Crippen molar-refractivity contribution in [2.75, 3.05) is 0 Å². The van der Waals surface area contributed by atoms with Crippen LogP contribution in [0.4, 0.5) is 0 Å². The third kappa shape index (κ3) is 2.86. The zero-order valence-electron chi connectivity index (χ0n) is 10.5. The molecule has 0 radical (unpaired) electrons. The number of benzene rings is 1. The molecule has 1 aliphatic heterocycles. The molecule has 92 valence electrons. The number of rotatable bonds is 3. The highest BCUT2D eigenvalue weighted by molar-refractivity contribution is 6.05. The lowest BCUT2D eigenvalue weighted by atomic mass is 10.1. The second kappa shape index (κ2) is 5.44. The minimum atomic E-state index is 0.883. The summed E-state index contributed by atoms with van der Waals surface area (Å²) in [6.07, 6.45) is 8.88. The highest BCUT2D eigenvalue weighted by atomic mass is 14.8.